The van der Waals surface area contributed by atoms with Crippen molar-refractivity contribution in [2.24, 2.45) is 0 Å². The Hall–Kier alpha value is -1.87. The molecule has 1 saturated heterocycles. The van der Waals surface area contributed by atoms with Gasteiger partial charge in [-0.25, -0.2) is 4.79 Å². The van der Waals surface area contributed by atoms with Crippen molar-refractivity contribution in [1.82, 2.24) is 9.55 Å². The third-order valence-corrected chi connectivity index (χ3v) is 2.67. The van der Waals surface area contributed by atoms with Gasteiger partial charge in [-0.3, -0.25) is 14.3 Å². The number of aromatic nitrogens is 2. The monoisotopic (exact) mass is 221 g/mol. The fourth-order valence-electron chi connectivity index (χ4n) is 1.80. The average molecular weight is 221 g/mol. The second-order valence-electron chi connectivity index (χ2n) is 3.66. The van der Waals surface area contributed by atoms with E-state index in [-0.39, 0.29) is 11.6 Å². The fraction of sp³-hybridized carbons (Fsp3) is 0.500. The molecule has 1 aromatic rings. The summed E-state index contributed by atoms with van der Waals surface area (Å²) in [7, 11) is 0. The Labute approximate surface area is 91.1 Å². The van der Waals surface area contributed by atoms with Crippen molar-refractivity contribution in [2.45, 2.75) is 18.9 Å². The lowest BCUT2D eigenvalue weighted by Gasteiger charge is -2.23. The van der Waals surface area contributed by atoms with E-state index < -0.39 is 11.2 Å². The minimum absolute atomic E-state index is 0.00481. The first kappa shape index (κ1) is 10.6. The summed E-state index contributed by atoms with van der Waals surface area (Å²) in [6, 6.07) is 1.77. The van der Waals surface area contributed by atoms with Crippen LogP contribution in [0.5, 0.6) is 0 Å². The highest BCUT2D eigenvalue weighted by molar-refractivity contribution is 5.21. The summed E-state index contributed by atoms with van der Waals surface area (Å²) in [6.07, 6.45) is 2.77. The smallest absolute Gasteiger partial charge is 0.328 e. The number of aromatic amines is 1. The highest BCUT2D eigenvalue weighted by Gasteiger charge is 2.17. The van der Waals surface area contributed by atoms with Crippen LogP contribution in [-0.4, -0.2) is 22.8 Å². The molecule has 0 aromatic carbocycles. The Morgan fingerprint density at radius 2 is 2.12 bits per heavy atom. The SMILES string of the molecule is N#Cc1cn(C2CCOCC2)c(=O)[nH]c1=O. The zero-order valence-electron chi connectivity index (χ0n) is 8.60. The van der Waals surface area contributed by atoms with E-state index in [0.717, 1.165) is 12.8 Å². The van der Waals surface area contributed by atoms with Crippen molar-refractivity contribution >= 4 is 0 Å². The first-order valence-corrected chi connectivity index (χ1v) is 5.05. The highest BCUT2D eigenvalue weighted by atomic mass is 16.5. The summed E-state index contributed by atoms with van der Waals surface area (Å²) in [5.41, 5.74) is -1.13. The zero-order chi connectivity index (χ0) is 11.5. The number of ether oxygens (including phenoxy) is 1. The Morgan fingerprint density at radius 3 is 2.75 bits per heavy atom. The molecule has 0 amide bonds. The van der Waals surface area contributed by atoms with Gasteiger partial charge in [0.25, 0.3) is 5.56 Å². The maximum atomic E-state index is 11.6. The molecule has 0 bridgehead atoms. The summed E-state index contributed by atoms with van der Waals surface area (Å²) in [6.45, 7) is 1.19. The van der Waals surface area contributed by atoms with Gasteiger partial charge in [-0.2, -0.15) is 5.26 Å². The molecule has 1 fully saturated rings. The van der Waals surface area contributed by atoms with Gasteiger partial charge in [-0.1, -0.05) is 0 Å². The number of hydrogen-bond donors (Lipinski definition) is 1. The van der Waals surface area contributed by atoms with Crippen LogP contribution in [0.15, 0.2) is 15.8 Å². The van der Waals surface area contributed by atoms with Gasteiger partial charge in [-0.15, -0.1) is 0 Å². The summed E-state index contributed by atoms with van der Waals surface area (Å²) < 4.78 is 6.61. The molecule has 84 valence electrons. The minimum Gasteiger partial charge on any atom is -0.381 e. The molecule has 1 aliphatic rings. The lowest BCUT2D eigenvalue weighted by Crippen LogP contribution is -2.35. The van der Waals surface area contributed by atoms with Crippen LogP contribution in [0, 0.1) is 11.3 Å². The molecule has 2 rings (SSSR count). The molecule has 0 radical (unpaired) electrons. The van der Waals surface area contributed by atoms with Crippen molar-refractivity contribution in [2.75, 3.05) is 13.2 Å². The third-order valence-electron chi connectivity index (χ3n) is 2.67. The molecule has 2 heterocycles. The molecule has 0 spiro atoms. The van der Waals surface area contributed by atoms with E-state index in [9.17, 15) is 9.59 Å². The van der Waals surface area contributed by atoms with Crippen molar-refractivity contribution in [3.8, 4) is 6.07 Å². The lowest BCUT2D eigenvalue weighted by atomic mass is 10.1. The average Bonchev–Trinajstić information content (AvgIpc) is 2.30. The number of hydrogen-bond acceptors (Lipinski definition) is 4. The van der Waals surface area contributed by atoms with Gasteiger partial charge in [-0.05, 0) is 12.8 Å². The molecular weight excluding hydrogens is 210 g/mol. The first-order valence-electron chi connectivity index (χ1n) is 5.05. The molecule has 6 nitrogen and oxygen atoms in total. The molecule has 1 aliphatic heterocycles. The number of nitrogens with one attached hydrogen (secondary N) is 1. The van der Waals surface area contributed by atoms with Gasteiger partial charge in [0.15, 0.2) is 0 Å². The van der Waals surface area contributed by atoms with Crippen molar-refractivity contribution in [3.63, 3.8) is 0 Å². The van der Waals surface area contributed by atoms with Crippen LogP contribution in [0.3, 0.4) is 0 Å². The van der Waals surface area contributed by atoms with Crippen molar-refractivity contribution < 1.29 is 4.74 Å². The summed E-state index contributed by atoms with van der Waals surface area (Å²) in [5.74, 6) is 0. The highest BCUT2D eigenvalue weighted by Crippen LogP contribution is 2.18. The Kier molecular flexibility index (Phi) is 2.88. The minimum atomic E-state index is -0.629. The number of H-pyrrole nitrogens is 1. The predicted octanol–water partition coefficient (Wildman–Crippen LogP) is -0.240. The molecule has 6 heteroatoms. The standard InChI is InChI=1S/C10H11N3O3/c11-5-7-6-13(10(15)12-9(7)14)8-1-3-16-4-2-8/h6,8H,1-4H2,(H,12,14,15). The summed E-state index contributed by atoms with van der Waals surface area (Å²) in [5, 5.41) is 8.72. The van der Waals surface area contributed by atoms with Gasteiger partial charge in [0, 0.05) is 25.5 Å². The van der Waals surface area contributed by atoms with E-state index in [1.54, 1.807) is 6.07 Å². The van der Waals surface area contributed by atoms with E-state index in [2.05, 4.69) is 4.98 Å². The maximum absolute atomic E-state index is 11.6. The molecule has 0 aliphatic carbocycles. The summed E-state index contributed by atoms with van der Waals surface area (Å²) >= 11 is 0. The van der Waals surface area contributed by atoms with Gasteiger partial charge in [0.1, 0.15) is 11.6 Å². The van der Waals surface area contributed by atoms with Gasteiger partial charge in [0.2, 0.25) is 0 Å². The van der Waals surface area contributed by atoms with Crippen molar-refractivity contribution in [3.05, 3.63) is 32.6 Å². The Bertz CT molecular complexity index is 531. The van der Waals surface area contributed by atoms with E-state index >= 15 is 0 Å². The quantitative estimate of drug-likeness (QED) is 0.708. The number of nitrogens with zero attached hydrogens (tertiary/aromatic N) is 2. The Morgan fingerprint density at radius 1 is 1.44 bits per heavy atom. The summed E-state index contributed by atoms with van der Waals surface area (Å²) in [4.78, 5) is 24.9. The first-order chi connectivity index (χ1) is 7.72. The predicted molar refractivity (Wildman–Crippen MR) is 55.1 cm³/mol. The second-order valence-corrected chi connectivity index (χ2v) is 3.66. The van der Waals surface area contributed by atoms with Crippen LogP contribution in [0.1, 0.15) is 24.4 Å². The molecule has 1 N–H and O–H groups in total. The lowest BCUT2D eigenvalue weighted by molar-refractivity contribution is 0.0682. The fourth-order valence-corrected chi connectivity index (χ4v) is 1.80. The van der Waals surface area contributed by atoms with E-state index in [4.69, 9.17) is 10.00 Å². The zero-order valence-corrected chi connectivity index (χ0v) is 8.60. The molecule has 16 heavy (non-hydrogen) atoms. The van der Waals surface area contributed by atoms with Crippen molar-refractivity contribution in [1.29, 1.82) is 5.26 Å². The normalized spacial score (nSPS) is 16.9. The van der Waals surface area contributed by atoms with E-state index in [0.29, 0.717) is 13.2 Å². The van der Waals surface area contributed by atoms with Gasteiger partial charge >= 0.3 is 5.69 Å². The van der Waals surface area contributed by atoms with E-state index in [1.165, 1.54) is 10.8 Å². The van der Waals surface area contributed by atoms with Crippen LogP contribution in [-0.2, 0) is 4.74 Å². The topological polar surface area (TPSA) is 87.9 Å². The van der Waals surface area contributed by atoms with Gasteiger partial charge in [0.05, 0.1) is 0 Å². The van der Waals surface area contributed by atoms with Crippen LogP contribution in [0.2, 0.25) is 0 Å². The molecule has 0 saturated carbocycles. The van der Waals surface area contributed by atoms with Crippen LogP contribution in [0.4, 0.5) is 0 Å². The van der Waals surface area contributed by atoms with Crippen LogP contribution < -0.4 is 11.2 Å². The largest absolute Gasteiger partial charge is 0.381 e. The third kappa shape index (κ3) is 1.90. The molecule has 0 atom stereocenters. The van der Waals surface area contributed by atoms with Crippen LogP contribution >= 0.6 is 0 Å². The van der Waals surface area contributed by atoms with Crippen LogP contribution in [0.25, 0.3) is 0 Å². The van der Waals surface area contributed by atoms with Gasteiger partial charge < -0.3 is 4.74 Å². The molecule has 1 aromatic heterocycles. The number of nitriles is 1. The van der Waals surface area contributed by atoms with E-state index in [1.807, 2.05) is 0 Å². The maximum Gasteiger partial charge on any atom is 0.328 e. The molecule has 0 unspecified atom stereocenters. The molecular formula is C10H11N3O3. The second kappa shape index (κ2) is 4.33. The number of rotatable bonds is 1. The Balaban J connectivity index is 2.44.